The third-order valence-corrected chi connectivity index (χ3v) is 3.30. The van der Waals surface area contributed by atoms with Crippen LogP contribution in [0.3, 0.4) is 0 Å². The molecule has 0 fully saturated rings. The summed E-state index contributed by atoms with van der Waals surface area (Å²) in [5.74, 6) is 0.654. The first kappa shape index (κ1) is 13.6. The molecule has 17 heavy (non-hydrogen) atoms. The lowest BCUT2D eigenvalue weighted by Gasteiger charge is -2.15. The average Bonchev–Trinajstić information content (AvgIpc) is 2.18. The highest BCUT2D eigenvalue weighted by molar-refractivity contribution is 7.90. The van der Waals surface area contributed by atoms with Gasteiger partial charge in [-0.15, -0.1) is 0 Å². The summed E-state index contributed by atoms with van der Waals surface area (Å²) in [7, 11) is -1.45. The van der Waals surface area contributed by atoms with Crippen molar-refractivity contribution in [3.63, 3.8) is 0 Å². The molecule has 1 aromatic carbocycles. The van der Waals surface area contributed by atoms with Crippen LogP contribution in [0.15, 0.2) is 18.2 Å². The van der Waals surface area contributed by atoms with Gasteiger partial charge < -0.3 is 15.8 Å². The van der Waals surface area contributed by atoms with E-state index in [1.165, 1.54) is 13.4 Å². The van der Waals surface area contributed by atoms with Gasteiger partial charge in [-0.3, -0.25) is 0 Å². The molecule has 1 atom stereocenters. The smallest absolute Gasteiger partial charge is 0.149 e. The van der Waals surface area contributed by atoms with E-state index in [0.29, 0.717) is 11.4 Å². The minimum atomic E-state index is -2.99. The van der Waals surface area contributed by atoms with Crippen molar-refractivity contribution >= 4 is 21.2 Å². The van der Waals surface area contributed by atoms with E-state index in [4.69, 9.17) is 10.5 Å². The summed E-state index contributed by atoms with van der Waals surface area (Å²) >= 11 is 0. The van der Waals surface area contributed by atoms with E-state index in [1.54, 1.807) is 18.2 Å². The SMILES string of the molecule is COc1cc(NC(C)CS(C)(=O)=O)ccc1N. The van der Waals surface area contributed by atoms with Crippen molar-refractivity contribution in [2.24, 2.45) is 0 Å². The lowest BCUT2D eigenvalue weighted by Crippen LogP contribution is -2.24. The van der Waals surface area contributed by atoms with Crippen LogP contribution in [0.1, 0.15) is 6.92 Å². The van der Waals surface area contributed by atoms with Gasteiger partial charge in [0, 0.05) is 24.1 Å². The molecule has 1 rings (SSSR count). The van der Waals surface area contributed by atoms with E-state index in [1.807, 2.05) is 6.92 Å². The lowest BCUT2D eigenvalue weighted by atomic mass is 10.2. The summed E-state index contributed by atoms with van der Waals surface area (Å²) in [4.78, 5) is 0. The fourth-order valence-corrected chi connectivity index (χ4v) is 2.57. The number of methoxy groups -OCH3 is 1. The first-order valence-corrected chi connectivity index (χ1v) is 7.25. The highest BCUT2D eigenvalue weighted by atomic mass is 32.2. The molecule has 0 amide bonds. The Balaban J connectivity index is 2.75. The minimum absolute atomic E-state index is 0.0830. The van der Waals surface area contributed by atoms with Gasteiger partial charge in [0.2, 0.25) is 0 Å². The molecule has 0 bridgehead atoms. The summed E-state index contributed by atoms with van der Waals surface area (Å²) in [6.45, 7) is 1.81. The first-order valence-electron chi connectivity index (χ1n) is 5.19. The van der Waals surface area contributed by atoms with E-state index < -0.39 is 9.84 Å². The third-order valence-electron chi connectivity index (χ3n) is 2.20. The first-order chi connectivity index (χ1) is 7.81. The maximum atomic E-state index is 11.1. The van der Waals surface area contributed by atoms with Gasteiger partial charge >= 0.3 is 0 Å². The number of sulfone groups is 1. The maximum absolute atomic E-state index is 11.1. The molecular weight excluding hydrogens is 240 g/mol. The van der Waals surface area contributed by atoms with E-state index in [9.17, 15) is 8.42 Å². The standard InChI is InChI=1S/C11H18N2O3S/c1-8(7-17(3,14)15)13-9-4-5-10(12)11(6-9)16-2/h4-6,8,13H,7,12H2,1-3H3. The number of rotatable bonds is 5. The van der Waals surface area contributed by atoms with E-state index >= 15 is 0 Å². The highest BCUT2D eigenvalue weighted by Gasteiger charge is 2.10. The van der Waals surface area contributed by atoms with E-state index in [2.05, 4.69) is 5.32 Å². The molecule has 1 aromatic rings. The summed E-state index contributed by atoms with van der Waals surface area (Å²) in [6, 6.07) is 5.08. The van der Waals surface area contributed by atoms with Crippen LogP contribution in [0, 0.1) is 0 Å². The number of nitrogen functional groups attached to an aromatic ring is 1. The summed E-state index contributed by atoms with van der Waals surface area (Å²) in [5.41, 5.74) is 7.02. The van der Waals surface area contributed by atoms with Crippen molar-refractivity contribution in [2.45, 2.75) is 13.0 Å². The van der Waals surface area contributed by atoms with Gasteiger partial charge in [0.15, 0.2) is 0 Å². The van der Waals surface area contributed by atoms with Gasteiger partial charge in [0.25, 0.3) is 0 Å². The molecule has 0 saturated carbocycles. The molecule has 96 valence electrons. The minimum Gasteiger partial charge on any atom is -0.495 e. The molecule has 1 unspecified atom stereocenters. The third kappa shape index (κ3) is 4.52. The normalized spacial score (nSPS) is 13.1. The molecule has 0 spiro atoms. The molecule has 0 aliphatic heterocycles. The number of hydrogen-bond acceptors (Lipinski definition) is 5. The zero-order valence-electron chi connectivity index (χ0n) is 10.2. The number of nitrogens with one attached hydrogen (secondary N) is 1. The molecule has 6 heteroatoms. The quantitative estimate of drug-likeness (QED) is 0.774. The largest absolute Gasteiger partial charge is 0.495 e. The Kier molecular flexibility index (Phi) is 4.22. The predicted octanol–water partition coefficient (Wildman–Crippen LogP) is 1.12. The molecule has 0 aromatic heterocycles. The molecule has 5 nitrogen and oxygen atoms in total. The number of nitrogens with two attached hydrogens (primary N) is 1. The van der Waals surface area contributed by atoms with Crippen LogP contribution in [0.4, 0.5) is 11.4 Å². The molecule has 0 aliphatic rings. The lowest BCUT2D eigenvalue weighted by molar-refractivity contribution is 0.417. The Hall–Kier alpha value is -1.43. The molecule has 0 aliphatic carbocycles. The van der Waals surface area contributed by atoms with Gasteiger partial charge in [-0.1, -0.05) is 0 Å². The Bertz CT molecular complexity index is 485. The van der Waals surface area contributed by atoms with Crippen LogP contribution in [-0.4, -0.2) is 33.6 Å². The maximum Gasteiger partial charge on any atom is 0.149 e. The van der Waals surface area contributed by atoms with E-state index in [-0.39, 0.29) is 11.8 Å². The zero-order chi connectivity index (χ0) is 13.1. The Morgan fingerprint density at radius 2 is 2.12 bits per heavy atom. The van der Waals surface area contributed by atoms with E-state index in [0.717, 1.165) is 5.69 Å². The molecule has 0 radical (unpaired) electrons. The molecular formula is C11H18N2O3S. The molecule has 0 heterocycles. The Labute approximate surface area is 102 Å². The van der Waals surface area contributed by atoms with Crippen molar-refractivity contribution in [3.05, 3.63) is 18.2 Å². The van der Waals surface area contributed by atoms with Crippen LogP contribution in [0.5, 0.6) is 5.75 Å². The van der Waals surface area contributed by atoms with Crippen LogP contribution in [0.2, 0.25) is 0 Å². The summed E-state index contributed by atoms with van der Waals surface area (Å²) in [5, 5.41) is 3.09. The number of ether oxygens (including phenoxy) is 1. The predicted molar refractivity (Wildman–Crippen MR) is 70.2 cm³/mol. The van der Waals surface area contributed by atoms with Crippen molar-refractivity contribution in [3.8, 4) is 5.75 Å². The van der Waals surface area contributed by atoms with Crippen molar-refractivity contribution in [1.29, 1.82) is 0 Å². The fourth-order valence-electron chi connectivity index (χ4n) is 1.58. The zero-order valence-corrected chi connectivity index (χ0v) is 11.0. The van der Waals surface area contributed by atoms with Crippen LogP contribution >= 0.6 is 0 Å². The van der Waals surface area contributed by atoms with Gasteiger partial charge in [-0.25, -0.2) is 8.42 Å². The second-order valence-corrected chi connectivity index (χ2v) is 6.28. The number of anilines is 2. The molecule has 3 N–H and O–H groups in total. The van der Waals surface area contributed by atoms with Crippen LogP contribution in [-0.2, 0) is 9.84 Å². The Morgan fingerprint density at radius 1 is 1.47 bits per heavy atom. The number of hydrogen-bond donors (Lipinski definition) is 2. The highest BCUT2D eigenvalue weighted by Crippen LogP contribution is 2.25. The molecule has 0 saturated heterocycles. The second kappa shape index (κ2) is 5.27. The fraction of sp³-hybridized carbons (Fsp3) is 0.455. The van der Waals surface area contributed by atoms with Gasteiger partial charge in [-0.2, -0.15) is 0 Å². The number of benzene rings is 1. The summed E-state index contributed by atoms with van der Waals surface area (Å²) in [6.07, 6.45) is 1.22. The van der Waals surface area contributed by atoms with Crippen molar-refractivity contribution < 1.29 is 13.2 Å². The van der Waals surface area contributed by atoms with Crippen LogP contribution < -0.4 is 15.8 Å². The Morgan fingerprint density at radius 3 is 2.65 bits per heavy atom. The topological polar surface area (TPSA) is 81.4 Å². The second-order valence-electron chi connectivity index (χ2n) is 4.09. The van der Waals surface area contributed by atoms with Gasteiger partial charge in [-0.05, 0) is 19.1 Å². The monoisotopic (exact) mass is 258 g/mol. The van der Waals surface area contributed by atoms with Crippen molar-refractivity contribution in [2.75, 3.05) is 30.2 Å². The van der Waals surface area contributed by atoms with Gasteiger partial charge in [0.1, 0.15) is 15.6 Å². The average molecular weight is 258 g/mol. The van der Waals surface area contributed by atoms with Gasteiger partial charge in [0.05, 0.1) is 18.6 Å². The summed E-state index contributed by atoms with van der Waals surface area (Å²) < 4.78 is 27.3. The van der Waals surface area contributed by atoms with Crippen LogP contribution in [0.25, 0.3) is 0 Å². The van der Waals surface area contributed by atoms with Crippen molar-refractivity contribution in [1.82, 2.24) is 0 Å².